The molecule has 0 bridgehead atoms. The fourth-order valence-corrected chi connectivity index (χ4v) is 3.18. The van der Waals surface area contributed by atoms with E-state index in [2.05, 4.69) is 29.0 Å². The highest BCUT2D eigenvalue weighted by Crippen LogP contribution is 2.44. The third-order valence-corrected chi connectivity index (χ3v) is 4.30. The van der Waals surface area contributed by atoms with E-state index in [1.165, 1.54) is 0 Å². The summed E-state index contributed by atoms with van der Waals surface area (Å²) < 4.78 is 11.5. The van der Waals surface area contributed by atoms with Crippen LogP contribution in [0.2, 0.25) is 0 Å². The van der Waals surface area contributed by atoms with Gasteiger partial charge in [0.15, 0.2) is 17.3 Å². The minimum atomic E-state index is -0.132. The van der Waals surface area contributed by atoms with E-state index in [0.717, 1.165) is 28.8 Å². The molecule has 2 aromatic rings. The van der Waals surface area contributed by atoms with Crippen molar-refractivity contribution in [2.45, 2.75) is 32.6 Å². The maximum absolute atomic E-state index is 12.2. The number of H-pyrrole nitrogens is 1. The van der Waals surface area contributed by atoms with Gasteiger partial charge in [0.1, 0.15) is 6.61 Å². The molecule has 6 nitrogen and oxygen atoms in total. The fourth-order valence-electron chi connectivity index (χ4n) is 3.18. The van der Waals surface area contributed by atoms with Crippen LogP contribution in [0.5, 0.6) is 11.5 Å². The summed E-state index contributed by atoms with van der Waals surface area (Å²) in [5, 5.41) is 10.1. The number of hydrogen-bond acceptors (Lipinski definition) is 4. The third kappa shape index (κ3) is 3.24. The molecule has 25 heavy (non-hydrogen) atoms. The van der Waals surface area contributed by atoms with E-state index in [0.29, 0.717) is 30.3 Å². The number of carbonyl (C=O) groups is 1. The lowest BCUT2D eigenvalue weighted by Crippen LogP contribution is -2.24. The van der Waals surface area contributed by atoms with Crippen molar-refractivity contribution in [1.29, 1.82) is 0 Å². The Kier molecular flexibility index (Phi) is 4.79. The van der Waals surface area contributed by atoms with Crippen LogP contribution in [0.1, 0.15) is 43.0 Å². The second kappa shape index (κ2) is 7.01. The molecule has 2 heterocycles. The largest absolute Gasteiger partial charge is 0.493 e. The van der Waals surface area contributed by atoms with Crippen molar-refractivity contribution in [3.05, 3.63) is 47.2 Å². The third-order valence-electron chi connectivity index (χ3n) is 4.30. The molecule has 1 aromatic heterocycles. The van der Waals surface area contributed by atoms with Crippen molar-refractivity contribution < 1.29 is 14.3 Å². The molecule has 0 unspecified atom stereocenters. The van der Waals surface area contributed by atoms with Gasteiger partial charge in [0, 0.05) is 29.2 Å². The number of nitrogens with one attached hydrogen (secondary N) is 2. The summed E-state index contributed by atoms with van der Waals surface area (Å²) in [6, 6.07) is 5.76. The fraction of sp³-hybridized carbons (Fsp3) is 0.368. The van der Waals surface area contributed by atoms with Crippen molar-refractivity contribution in [2.24, 2.45) is 0 Å². The molecule has 1 amide bonds. The van der Waals surface area contributed by atoms with Crippen LogP contribution < -0.4 is 14.8 Å². The van der Waals surface area contributed by atoms with Crippen LogP contribution in [-0.2, 0) is 11.2 Å². The highest BCUT2D eigenvalue weighted by molar-refractivity contribution is 5.94. The van der Waals surface area contributed by atoms with E-state index in [9.17, 15) is 4.79 Å². The lowest BCUT2D eigenvalue weighted by atomic mass is 9.84. The Morgan fingerprint density at radius 3 is 2.92 bits per heavy atom. The Bertz CT molecular complexity index is 810. The molecule has 1 aliphatic rings. The summed E-state index contributed by atoms with van der Waals surface area (Å²) in [6.07, 6.45) is 1.15. The number of hydrogen-bond donors (Lipinski definition) is 2. The molecule has 1 atom stereocenters. The monoisotopic (exact) mass is 341 g/mol. The second-order valence-corrected chi connectivity index (χ2v) is 6.25. The van der Waals surface area contributed by atoms with Gasteiger partial charge >= 0.3 is 0 Å². The number of anilines is 1. The molecule has 132 valence electrons. The SMILES string of the molecule is C=C(C)COc1c(OC)cccc1[C@H]1CC(=O)Nc2n[nH]c(CC)c21. The van der Waals surface area contributed by atoms with Gasteiger partial charge < -0.3 is 14.8 Å². The number of methoxy groups -OCH3 is 1. The van der Waals surface area contributed by atoms with Crippen LogP contribution in [0.4, 0.5) is 5.82 Å². The smallest absolute Gasteiger partial charge is 0.226 e. The molecule has 0 saturated heterocycles. The van der Waals surface area contributed by atoms with E-state index in [1.807, 2.05) is 25.1 Å². The molecule has 1 aromatic carbocycles. The standard InChI is InChI=1S/C19H23N3O3/c1-5-14-17-13(9-16(23)20-19(17)22-21-14)12-7-6-8-15(24-4)18(12)25-10-11(2)3/h6-8,13H,2,5,9-10H2,1,3-4H3,(H2,20,21,22,23)/t13-/m1/s1. The Labute approximate surface area is 147 Å². The van der Waals surface area contributed by atoms with Crippen LogP contribution in [0.25, 0.3) is 0 Å². The quantitative estimate of drug-likeness (QED) is 0.790. The average Bonchev–Trinajstić information content (AvgIpc) is 3.01. The van der Waals surface area contributed by atoms with Crippen molar-refractivity contribution in [3.8, 4) is 11.5 Å². The lowest BCUT2D eigenvalue weighted by molar-refractivity contribution is -0.116. The van der Waals surface area contributed by atoms with Gasteiger partial charge in [-0.25, -0.2) is 0 Å². The lowest BCUT2D eigenvalue weighted by Gasteiger charge is -2.26. The predicted molar refractivity (Wildman–Crippen MR) is 96.4 cm³/mol. The summed E-state index contributed by atoms with van der Waals surface area (Å²) in [5.41, 5.74) is 3.88. The number of ether oxygens (including phenoxy) is 2. The molecule has 3 rings (SSSR count). The number of nitrogens with zero attached hydrogens (tertiary/aromatic N) is 1. The van der Waals surface area contributed by atoms with Crippen molar-refractivity contribution in [3.63, 3.8) is 0 Å². The molecule has 0 fully saturated rings. The molecular weight excluding hydrogens is 318 g/mol. The number of para-hydroxylation sites is 1. The zero-order valence-corrected chi connectivity index (χ0v) is 14.8. The number of aryl methyl sites for hydroxylation is 1. The second-order valence-electron chi connectivity index (χ2n) is 6.25. The normalized spacial score (nSPS) is 16.1. The van der Waals surface area contributed by atoms with Crippen molar-refractivity contribution >= 4 is 11.7 Å². The summed E-state index contributed by atoms with van der Waals surface area (Å²) in [7, 11) is 1.61. The van der Waals surface area contributed by atoms with Gasteiger partial charge in [-0.3, -0.25) is 9.89 Å². The number of amides is 1. The first-order chi connectivity index (χ1) is 12.0. The highest BCUT2D eigenvalue weighted by atomic mass is 16.5. The zero-order chi connectivity index (χ0) is 18.0. The number of rotatable bonds is 6. The van der Waals surface area contributed by atoms with E-state index in [-0.39, 0.29) is 11.8 Å². The van der Waals surface area contributed by atoms with Crippen molar-refractivity contribution in [1.82, 2.24) is 10.2 Å². The minimum Gasteiger partial charge on any atom is -0.493 e. The van der Waals surface area contributed by atoms with Crippen LogP contribution in [-0.4, -0.2) is 29.8 Å². The van der Waals surface area contributed by atoms with Crippen LogP contribution in [0.15, 0.2) is 30.4 Å². The van der Waals surface area contributed by atoms with Crippen molar-refractivity contribution in [2.75, 3.05) is 19.0 Å². The molecular formula is C19H23N3O3. The van der Waals surface area contributed by atoms with Gasteiger partial charge in [0.25, 0.3) is 0 Å². The van der Waals surface area contributed by atoms with E-state index < -0.39 is 0 Å². The number of fused-ring (bicyclic) bond motifs is 1. The summed E-state index contributed by atoms with van der Waals surface area (Å²) in [4.78, 5) is 12.2. The van der Waals surface area contributed by atoms with Crippen LogP contribution >= 0.6 is 0 Å². The number of aromatic amines is 1. The Morgan fingerprint density at radius 1 is 1.44 bits per heavy atom. The van der Waals surface area contributed by atoms with E-state index in [4.69, 9.17) is 9.47 Å². The van der Waals surface area contributed by atoms with Gasteiger partial charge in [0.05, 0.1) is 7.11 Å². The Hall–Kier alpha value is -2.76. The van der Waals surface area contributed by atoms with Gasteiger partial charge in [0.2, 0.25) is 5.91 Å². The summed E-state index contributed by atoms with van der Waals surface area (Å²) in [5.74, 6) is 1.72. The molecule has 6 heteroatoms. The maximum Gasteiger partial charge on any atom is 0.226 e. The Balaban J connectivity index is 2.11. The van der Waals surface area contributed by atoms with Crippen LogP contribution in [0.3, 0.4) is 0 Å². The molecule has 0 aliphatic carbocycles. The number of aromatic nitrogens is 2. The van der Waals surface area contributed by atoms with E-state index in [1.54, 1.807) is 7.11 Å². The number of benzene rings is 1. The predicted octanol–water partition coefficient (Wildman–Crippen LogP) is 3.41. The number of carbonyl (C=O) groups excluding carboxylic acids is 1. The first-order valence-electron chi connectivity index (χ1n) is 8.36. The highest BCUT2D eigenvalue weighted by Gasteiger charge is 2.33. The van der Waals surface area contributed by atoms with Gasteiger partial charge in [-0.1, -0.05) is 25.6 Å². The van der Waals surface area contributed by atoms with Crippen LogP contribution in [0, 0.1) is 0 Å². The van der Waals surface area contributed by atoms with Gasteiger partial charge in [-0.2, -0.15) is 5.10 Å². The molecule has 2 N–H and O–H groups in total. The van der Waals surface area contributed by atoms with E-state index >= 15 is 0 Å². The summed E-state index contributed by atoms with van der Waals surface area (Å²) >= 11 is 0. The summed E-state index contributed by atoms with van der Waals surface area (Å²) in [6.45, 7) is 8.25. The Morgan fingerprint density at radius 2 is 2.24 bits per heavy atom. The average molecular weight is 341 g/mol. The molecule has 0 saturated carbocycles. The minimum absolute atomic E-state index is 0.0553. The molecule has 1 aliphatic heterocycles. The maximum atomic E-state index is 12.2. The van der Waals surface area contributed by atoms with Gasteiger partial charge in [-0.15, -0.1) is 0 Å². The zero-order valence-electron chi connectivity index (χ0n) is 14.8. The van der Waals surface area contributed by atoms with Gasteiger partial charge in [-0.05, 0) is 25.0 Å². The topological polar surface area (TPSA) is 76.2 Å². The molecule has 0 spiro atoms. The molecule has 0 radical (unpaired) electrons. The first-order valence-corrected chi connectivity index (χ1v) is 8.36. The first kappa shape index (κ1) is 17.1.